The van der Waals surface area contributed by atoms with Gasteiger partial charge in [0.1, 0.15) is 4.32 Å². The molecule has 1 aliphatic rings. The average Bonchev–Trinajstić information content (AvgIpc) is 2.74. The Kier molecular flexibility index (Phi) is 5.87. The molecule has 1 aromatic carbocycles. The third-order valence-corrected chi connectivity index (χ3v) is 5.19. The zero-order chi connectivity index (χ0) is 17.1. The van der Waals surface area contributed by atoms with Gasteiger partial charge in [-0.15, -0.1) is 0 Å². The molecule has 2 rings (SSSR count). The van der Waals surface area contributed by atoms with Crippen LogP contribution in [0.5, 0.6) is 11.5 Å². The molecule has 0 radical (unpaired) electrons. The van der Waals surface area contributed by atoms with Crippen molar-refractivity contribution in [3.05, 3.63) is 26.2 Å². The Labute approximate surface area is 155 Å². The first-order chi connectivity index (χ1) is 10.8. The van der Waals surface area contributed by atoms with Crippen LogP contribution >= 0.6 is 46.6 Å². The lowest BCUT2D eigenvalue weighted by molar-refractivity contribution is -0.137. The number of hydrogen-bond acceptors (Lipinski definition) is 6. The number of thiocarbonyl (C=S) groups is 1. The highest BCUT2D eigenvalue weighted by atomic mass is 127. The van der Waals surface area contributed by atoms with Gasteiger partial charge >= 0.3 is 5.97 Å². The summed E-state index contributed by atoms with van der Waals surface area (Å²) in [6.45, 7) is 0.0494. The van der Waals surface area contributed by atoms with Crippen LogP contribution in [0.1, 0.15) is 12.0 Å². The molecule has 0 atom stereocenters. The van der Waals surface area contributed by atoms with Crippen LogP contribution in [-0.2, 0) is 9.59 Å². The fourth-order valence-electron chi connectivity index (χ4n) is 1.88. The summed E-state index contributed by atoms with van der Waals surface area (Å²) in [6.07, 6.45) is 1.48. The van der Waals surface area contributed by atoms with Crippen molar-refractivity contribution in [2.45, 2.75) is 6.42 Å². The predicted molar refractivity (Wildman–Crippen MR) is 99.5 cm³/mol. The molecule has 122 valence electrons. The van der Waals surface area contributed by atoms with Gasteiger partial charge in [0.25, 0.3) is 5.91 Å². The van der Waals surface area contributed by atoms with E-state index in [1.165, 1.54) is 12.0 Å². The van der Waals surface area contributed by atoms with Crippen LogP contribution in [0.15, 0.2) is 17.0 Å². The molecule has 2 N–H and O–H groups in total. The summed E-state index contributed by atoms with van der Waals surface area (Å²) >= 11 is 8.22. The first-order valence-corrected chi connectivity index (χ1v) is 8.67. The lowest BCUT2D eigenvalue weighted by Crippen LogP contribution is -2.30. The van der Waals surface area contributed by atoms with Crippen molar-refractivity contribution >= 4 is 68.8 Å². The molecule has 0 spiro atoms. The Hall–Kier alpha value is -1.33. The number of carboxylic acid groups (broad SMARTS) is 1. The largest absolute Gasteiger partial charge is 0.504 e. The number of aliphatic carboxylic acids is 1. The molecule has 6 nitrogen and oxygen atoms in total. The maximum Gasteiger partial charge on any atom is 0.305 e. The van der Waals surface area contributed by atoms with Gasteiger partial charge in [-0.3, -0.25) is 14.5 Å². The molecule has 9 heteroatoms. The Morgan fingerprint density at radius 2 is 2.22 bits per heavy atom. The monoisotopic (exact) mass is 465 g/mol. The molecular formula is C14H12INO5S2. The van der Waals surface area contributed by atoms with E-state index < -0.39 is 5.97 Å². The number of phenolic OH excluding ortho intramolecular Hbond substituents is 1. The third-order valence-electron chi connectivity index (χ3n) is 2.99. The minimum atomic E-state index is -0.985. The molecule has 0 bridgehead atoms. The molecular weight excluding hydrogens is 453 g/mol. The molecule has 1 saturated heterocycles. The van der Waals surface area contributed by atoms with Crippen molar-refractivity contribution in [3.8, 4) is 11.5 Å². The number of thioether (sulfide) groups is 1. The van der Waals surface area contributed by atoms with E-state index in [1.807, 2.05) is 22.6 Å². The van der Waals surface area contributed by atoms with Crippen LogP contribution in [0.2, 0.25) is 0 Å². The van der Waals surface area contributed by atoms with Crippen molar-refractivity contribution < 1.29 is 24.5 Å². The SMILES string of the molecule is COc1cc(/C=C2/SC(=S)N(CCC(=O)O)C2=O)cc(I)c1O. The summed E-state index contributed by atoms with van der Waals surface area (Å²) < 4.78 is 6.02. The lowest BCUT2D eigenvalue weighted by Gasteiger charge is -2.12. The minimum absolute atomic E-state index is 0.0410. The highest BCUT2D eigenvalue weighted by molar-refractivity contribution is 14.1. The van der Waals surface area contributed by atoms with Crippen molar-refractivity contribution in [2.24, 2.45) is 0 Å². The zero-order valence-corrected chi connectivity index (χ0v) is 15.7. The topological polar surface area (TPSA) is 87.1 Å². The quantitative estimate of drug-likeness (QED) is 0.393. The normalized spacial score (nSPS) is 16.3. The minimum Gasteiger partial charge on any atom is -0.504 e. The summed E-state index contributed by atoms with van der Waals surface area (Å²) in [5.41, 5.74) is 0.683. The van der Waals surface area contributed by atoms with E-state index in [0.717, 1.165) is 11.8 Å². The van der Waals surface area contributed by atoms with Gasteiger partial charge in [-0.25, -0.2) is 0 Å². The van der Waals surface area contributed by atoms with Crippen LogP contribution in [0.25, 0.3) is 6.08 Å². The van der Waals surface area contributed by atoms with Gasteiger partial charge in [-0.05, 0) is 46.4 Å². The second kappa shape index (κ2) is 7.49. The first kappa shape index (κ1) is 18.0. The molecule has 1 heterocycles. The van der Waals surface area contributed by atoms with Gasteiger partial charge in [0.05, 0.1) is 22.0 Å². The van der Waals surface area contributed by atoms with Gasteiger partial charge < -0.3 is 14.9 Å². The molecule has 0 aliphatic carbocycles. The van der Waals surface area contributed by atoms with Crippen LogP contribution in [0.4, 0.5) is 0 Å². The molecule has 1 aliphatic heterocycles. The first-order valence-electron chi connectivity index (χ1n) is 6.37. The summed E-state index contributed by atoms with van der Waals surface area (Å²) in [6, 6.07) is 3.32. The number of aromatic hydroxyl groups is 1. The Balaban J connectivity index is 2.27. The Morgan fingerprint density at radius 1 is 1.52 bits per heavy atom. The third kappa shape index (κ3) is 4.15. The smallest absolute Gasteiger partial charge is 0.305 e. The van der Waals surface area contributed by atoms with Crippen molar-refractivity contribution in [3.63, 3.8) is 0 Å². The van der Waals surface area contributed by atoms with E-state index in [2.05, 4.69) is 0 Å². The summed E-state index contributed by atoms with van der Waals surface area (Å²) in [5, 5.41) is 18.6. The number of benzene rings is 1. The molecule has 1 fully saturated rings. The highest BCUT2D eigenvalue weighted by Gasteiger charge is 2.32. The molecule has 0 unspecified atom stereocenters. The van der Waals surface area contributed by atoms with Crippen LogP contribution < -0.4 is 4.74 Å². The number of phenols is 1. The number of ether oxygens (including phenoxy) is 1. The molecule has 0 saturated carbocycles. The molecule has 1 amide bonds. The second-order valence-corrected chi connectivity index (χ2v) is 7.37. The van der Waals surface area contributed by atoms with Gasteiger partial charge in [-0.1, -0.05) is 24.0 Å². The predicted octanol–water partition coefficient (Wildman–Crippen LogP) is 2.68. The number of carbonyl (C=O) groups excluding carboxylic acids is 1. The van der Waals surface area contributed by atoms with E-state index in [4.69, 9.17) is 22.1 Å². The number of methoxy groups -OCH3 is 1. The number of carbonyl (C=O) groups is 2. The van der Waals surface area contributed by atoms with Crippen LogP contribution in [0, 0.1) is 3.57 Å². The zero-order valence-electron chi connectivity index (χ0n) is 11.9. The standard InChI is InChI=1S/C14H12INO5S2/c1-21-9-5-7(4-8(15)12(9)19)6-10-13(20)16(14(22)23-10)3-2-11(17)18/h4-6,19H,2-3H2,1H3,(H,17,18)/b10-6+. The van der Waals surface area contributed by atoms with E-state index in [0.29, 0.717) is 24.1 Å². The Bertz CT molecular complexity index is 719. The maximum absolute atomic E-state index is 12.3. The van der Waals surface area contributed by atoms with Gasteiger partial charge in [0.2, 0.25) is 0 Å². The van der Waals surface area contributed by atoms with E-state index in [-0.39, 0.29) is 24.6 Å². The summed E-state index contributed by atoms with van der Waals surface area (Å²) in [4.78, 5) is 24.6. The average molecular weight is 465 g/mol. The maximum atomic E-state index is 12.3. The Morgan fingerprint density at radius 3 is 2.83 bits per heavy atom. The van der Waals surface area contributed by atoms with E-state index >= 15 is 0 Å². The van der Waals surface area contributed by atoms with E-state index in [1.54, 1.807) is 18.2 Å². The van der Waals surface area contributed by atoms with Crippen molar-refractivity contribution in [1.82, 2.24) is 4.90 Å². The molecule has 1 aromatic rings. The summed E-state index contributed by atoms with van der Waals surface area (Å²) in [5.74, 6) is -0.951. The molecule has 0 aromatic heterocycles. The number of nitrogens with zero attached hydrogens (tertiary/aromatic N) is 1. The van der Waals surface area contributed by atoms with Gasteiger partial charge in [0, 0.05) is 6.54 Å². The van der Waals surface area contributed by atoms with Gasteiger partial charge in [-0.2, -0.15) is 0 Å². The van der Waals surface area contributed by atoms with E-state index in [9.17, 15) is 14.7 Å². The number of halogens is 1. The van der Waals surface area contributed by atoms with Gasteiger partial charge in [0.15, 0.2) is 11.5 Å². The summed E-state index contributed by atoms with van der Waals surface area (Å²) in [7, 11) is 1.44. The molecule has 23 heavy (non-hydrogen) atoms. The van der Waals surface area contributed by atoms with Crippen LogP contribution in [-0.4, -0.2) is 45.0 Å². The van der Waals surface area contributed by atoms with Crippen molar-refractivity contribution in [1.29, 1.82) is 0 Å². The lowest BCUT2D eigenvalue weighted by atomic mass is 10.2. The number of hydrogen-bond donors (Lipinski definition) is 2. The number of rotatable bonds is 5. The fraction of sp³-hybridized carbons (Fsp3) is 0.214. The van der Waals surface area contributed by atoms with Crippen LogP contribution in [0.3, 0.4) is 0 Å². The highest BCUT2D eigenvalue weighted by Crippen LogP contribution is 2.36. The number of amides is 1. The van der Waals surface area contributed by atoms with Crippen molar-refractivity contribution in [2.75, 3.05) is 13.7 Å². The number of carboxylic acids is 1. The second-order valence-electron chi connectivity index (χ2n) is 4.53. The fourth-order valence-corrected chi connectivity index (χ4v) is 3.82.